The second-order valence-corrected chi connectivity index (χ2v) is 6.37. The lowest BCUT2D eigenvalue weighted by Crippen LogP contribution is -2.23. The van der Waals surface area contributed by atoms with Crippen molar-refractivity contribution in [2.45, 2.75) is 13.1 Å². The molecule has 2 heterocycles. The zero-order valence-electron chi connectivity index (χ0n) is 13.1. The number of hydrogen-bond acceptors (Lipinski definition) is 1. The van der Waals surface area contributed by atoms with Gasteiger partial charge in [-0.25, -0.2) is 0 Å². The quantitative estimate of drug-likeness (QED) is 0.582. The van der Waals surface area contributed by atoms with Crippen molar-refractivity contribution in [3.05, 3.63) is 83.4 Å². The number of carbonyl (C=O) groups excluding carboxylic acids is 1. The maximum atomic E-state index is 12.8. The van der Waals surface area contributed by atoms with Crippen molar-refractivity contribution in [3.63, 3.8) is 0 Å². The van der Waals surface area contributed by atoms with Crippen molar-refractivity contribution in [1.82, 2.24) is 9.88 Å². The molecule has 0 fully saturated rings. The molecule has 0 bridgehead atoms. The van der Waals surface area contributed by atoms with Gasteiger partial charge >= 0.3 is 0 Å². The number of para-hydroxylation sites is 1. The van der Waals surface area contributed by atoms with Crippen LogP contribution in [-0.2, 0) is 13.1 Å². The number of amides is 1. The van der Waals surface area contributed by atoms with Crippen molar-refractivity contribution in [2.24, 2.45) is 0 Å². The van der Waals surface area contributed by atoms with Crippen LogP contribution in [0.25, 0.3) is 21.8 Å². The number of rotatable bonds is 2. The van der Waals surface area contributed by atoms with Crippen LogP contribution in [0.4, 0.5) is 0 Å². The van der Waals surface area contributed by atoms with Gasteiger partial charge in [-0.1, -0.05) is 48.5 Å². The first kappa shape index (κ1) is 13.4. The van der Waals surface area contributed by atoms with Gasteiger partial charge in [-0.15, -0.1) is 0 Å². The molecule has 0 saturated heterocycles. The van der Waals surface area contributed by atoms with E-state index in [0.29, 0.717) is 13.1 Å². The van der Waals surface area contributed by atoms with Crippen molar-refractivity contribution in [2.75, 3.05) is 0 Å². The van der Waals surface area contributed by atoms with E-state index in [4.69, 9.17) is 0 Å². The molecule has 116 valence electrons. The Labute approximate surface area is 139 Å². The van der Waals surface area contributed by atoms with Gasteiger partial charge in [-0.05, 0) is 29.3 Å². The number of carbonyl (C=O) groups is 1. The first-order valence-electron chi connectivity index (χ1n) is 8.16. The maximum Gasteiger partial charge on any atom is 0.254 e. The van der Waals surface area contributed by atoms with Crippen molar-refractivity contribution < 1.29 is 4.79 Å². The molecule has 3 nitrogen and oxygen atoms in total. The van der Waals surface area contributed by atoms with Crippen LogP contribution in [0.3, 0.4) is 0 Å². The first-order valence-corrected chi connectivity index (χ1v) is 8.16. The largest absolute Gasteiger partial charge is 0.354 e. The number of aromatic amines is 1. The van der Waals surface area contributed by atoms with Gasteiger partial charge in [0.05, 0.1) is 0 Å². The number of hydrogen-bond donors (Lipinski definition) is 1. The number of fused-ring (bicyclic) bond motifs is 4. The summed E-state index contributed by atoms with van der Waals surface area (Å²) < 4.78 is 0. The predicted octanol–water partition coefficient (Wildman–Crippen LogP) is 4.48. The summed E-state index contributed by atoms with van der Waals surface area (Å²) in [7, 11) is 0. The summed E-state index contributed by atoms with van der Waals surface area (Å²) in [6, 6.07) is 22.6. The third-order valence-electron chi connectivity index (χ3n) is 4.83. The fourth-order valence-electron chi connectivity index (χ4n) is 3.65. The van der Waals surface area contributed by atoms with E-state index >= 15 is 0 Å². The number of benzene rings is 3. The third-order valence-corrected chi connectivity index (χ3v) is 4.83. The van der Waals surface area contributed by atoms with Gasteiger partial charge in [0.25, 0.3) is 5.91 Å². The highest BCUT2D eigenvalue weighted by Crippen LogP contribution is 2.32. The Kier molecular flexibility index (Phi) is 2.77. The number of aromatic nitrogens is 1. The van der Waals surface area contributed by atoms with E-state index in [1.54, 1.807) is 0 Å². The Morgan fingerprint density at radius 1 is 0.875 bits per heavy atom. The monoisotopic (exact) mass is 312 g/mol. The lowest BCUT2D eigenvalue weighted by molar-refractivity contribution is 0.0767. The maximum absolute atomic E-state index is 12.8. The van der Waals surface area contributed by atoms with Crippen LogP contribution >= 0.6 is 0 Å². The van der Waals surface area contributed by atoms with Gasteiger partial charge in [0.15, 0.2) is 0 Å². The van der Waals surface area contributed by atoms with Crippen LogP contribution in [0.2, 0.25) is 0 Å². The summed E-state index contributed by atoms with van der Waals surface area (Å²) in [4.78, 5) is 18.1. The van der Waals surface area contributed by atoms with E-state index in [9.17, 15) is 4.79 Å². The lowest BCUT2D eigenvalue weighted by atomic mass is 10.1. The fourth-order valence-corrected chi connectivity index (χ4v) is 3.65. The summed E-state index contributed by atoms with van der Waals surface area (Å²) in [5, 5.41) is 2.41. The molecular weight excluding hydrogens is 296 g/mol. The topological polar surface area (TPSA) is 36.1 Å². The molecule has 4 aromatic rings. The van der Waals surface area contributed by atoms with Crippen LogP contribution in [0, 0.1) is 0 Å². The van der Waals surface area contributed by atoms with Crippen molar-refractivity contribution in [3.8, 4) is 0 Å². The fraction of sp³-hybridized carbons (Fsp3) is 0.0952. The summed E-state index contributed by atoms with van der Waals surface area (Å²) in [5.74, 6) is 0.120. The molecule has 0 unspecified atom stereocenters. The average Bonchev–Trinajstić information content (AvgIpc) is 3.12. The van der Waals surface area contributed by atoms with E-state index in [1.807, 2.05) is 35.2 Å². The summed E-state index contributed by atoms with van der Waals surface area (Å²) in [6.07, 6.45) is 0. The second kappa shape index (κ2) is 4.96. The minimum Gasteiger partial charge on any atom is -0.354 e. The van der Waals surface area contributed by atoms with Crippen molar-refractivity contribution in [1.29, 1.82) is 0 Å². The highest BCUT2D eigenvalue weighted by molar-refractivity contribution is 6.11. The molecule has 0 atom stereocenters. The Balaban J connectivity index is 1.57. The molecule has 0 aliphatic carbocycles. The van der Waals surface area contributed by atoms with Crippen molar-refractivity contribution >= 4 is 27.7 Å². The summed E-state index contributed by atoms with van der Waals surface area (Å²) in [6.45, 7) is 1.33. The molecule has 0 spiro atoms. The Bertz CT molecular complexity index is 1080. The minimum absolute atomic E-state index is 0.120. The van der Waals surface area contributed by atoms with E-state index in [-0.39, 0.29) is 5.91 Å². The predicted molar refractivity (Wildman–Crippen MR) is 95.8 cm³/mol. The molecule has 24 heavy (non-hydrogen) atoms. The number of nitrogens with one attached hydrogen (secondary N) is 1. The summed E-state index contributed by atoms with van der Waals surface area (Å²) in [5.41, 5.74) is 5.25. The Hall–Kier alpha value is -3.07. The normalized spacial score (nSPS) is 13.8. The van der Waals surface area contributed by atoms with Gasteiger partial charge in [0, 0.05) is 40.5 Å². The van der Waals surface area contributed by atoms with Gasteiger partial charge in [-0.2, -0.15) is 0 Å². The smallest absolute Gasteiger partial charge is 0.254 e. The third kappa shape index (κ3) is 1.95. The number of nitrogens with zero attached hydrogens (tertiary/aromatic N) is 1. The average molecular weight is 312 g/mol. The van der Waals surface area contributed by atoms with E-state index < -0.39 is 0 Å². The van der Waals surface area contributed by atoms with Crippen LogP contribution in [0.1, 0.15) is 21.5 Å². The molecular formula is C21H16N2O. The van der Waals surface area contributed by atoms with E-state index in [1.165, 1.54) is 10.8 Å². The molecule has 3 aromatic carbocycles. The summed E-state index contributed by atoms with van der Waals surface area (Å²) >= 11 is 0. The molecule has 3 heteroatoms. The molecule has 1 N–H and O–H groups in total. The highest BCUT2D eigenvalue weighted by atomic mass is 16.2. The molecule has 1 aliphatic heterocycles. The molecule has 0 saturated carbocycles. The molecule has 1 aliphatic rings. The van der Waals surface area contributed by atoms with E-state index in [2.05, 4.69) is 41.4 Å². The molecule has 5 rings (SSSR count). The standard InChI is InChI=1S/C21H16N2O/c24-21-17-11-20-18(16-8-4-5-9-19(16)22-20)10-15(17)13-23(21)12-14-6-2-1-3-7-14/h1-11,22H,12-13H2. The van der Waals surface area contributed by atoms with Crippen LogP contribution in [0.15, 0.2) is 66.7 Å². The SMILES string of the molecule is O=C1c2cc3[nH]c4ccccc4c3cc2CN1Cc1ccccc1. The van der Waals surface area contributed by atoms with Crippen LogP contribution in [0.5, 0.6) is 0 Å². The molecule has 1 amide bonds. The molecule has 0 radical (unpaired) electrons. The zero-order chi connectivity index (χ0) is 16.1. The van der Waals surface area contributed by atoms with Gasteiger partial charge in [-0.3, -0.25) is 4.79 Å². The second-order valence-electron chi connectivity index (χ2n) is 6.37. The van der Waals surface area contributed by atoms with E-state index in [0.717, 1.165) is 27.7 Å². The Morgan fingerprint density at radius 2 is 1.67 bits per heavy atom. The minimum atomic E-state index is 0.120. The van der Waals surface area contributed by atoms with Gasteiger partial charge in [0.1, 0.15) is 0 Å². The highest BCUT2D eigenvalue weighted by Gasteiger charge is 2.28. The number of H-pyrrole nitrogens is 1. The van der Waals surface area contributed by atoms with Gasteiger partial charge < -0.3 is 9.88 Å². The Morgan fingerprint density at radius 3 is 2.54 bits per heavy atom. The van der Waals surface area contributed by atoms with Crippen LogP contribution < -0.4 is 0 Å². The lowest BCUT2D eigenvalue weighted by Gasteiger charge is -2.15. The zero-order valence-corrected chi connectivity index (χ0v) is 13.1. The van der Waals surface area contributed by atoms with Crippen LogP contribution in [-0.4, -0.2) is 15.8 Å². The first-order chi connectivity index (χ1) is 11.8. The van der Waals surface area contributed by atoms with Gasteiger partial charge in [0.2, 0.25) is 0 Å². The molecule has 1 aromatic heterocycles.